The van der Waals surface area contributed by atoms with Crippen molar-refractivity contribution in [2.24, 2.45) is 0 Å². The number of nitrogens with zero attached hydrogens (tertiary/aromatic N) is 1. The fourth-order valence-electron chi connectivity index (χ4n) is 0.947. The van der Waals surface area contributed by atoms with Crippen LogP contribution in [-0.4, -0.2) is 0 Å². The zero-order valence-electron chi connectivity index (χ0n) is 5.32. The van der Waals surface area contributed by atoms with Crippen LogP contribution in [0.4, 0.5) is 0 Å². The second-order valence-corrected chi connectivity index (χ2v) is 3.16. The summed E-state index contributed by atoms with van der Waals surface area (Å²) in [4.78, 5) is 0. The second-order valence-electron chi connectivity index (χ2n) is 2.12. The Morgan fingerprint density at radius 3 is 2.90 bits per heavy atom. The molecule has 0 aliphatic carbocycles. The number of hydrogen-bond acceptors (Lipinski definition) is 2. The van der Waals surface area contributed by atoms with Crippen molar-refractivity contribution in [3.05, 3.63) is 30.5 Å². The number of benzene rings is 1. The van der Waals surface area contributed by atoms with Crippen LogP contribution in [-0.2, 0) is 0 Å². The van der Waals surface area contributed by atoms with Gasteiger partial charge >= 0.3 is 0 Å². The third-order valence-corrected chi connectivity index (χ3v) is 2.27. The summed E-state index contributed by atoms with van der Waals surface area (Å²) in [6, 6.07) is 8.13. The van der Waals surface area contributed by atoms with Crippen molar-refractivity contribution in [3.63, 3.8) is 0 Å². The van der Waals surface area contributed by atoms with Gasteiger partial charge in [-0.15, -0.1) is 0 Å². The number of fused-ring (bicyclic) bond motifs is 1. The van der Waals surface area contributed by atoms with Crippen LogP contribution in [0.1, 0.15) is 0 Å². The lowest BCUT2D eigenvalue weighted by Crippen LogP contribution is -2.38. The zero-order chi connectivity index (χ0) is 6.97. The summed E-state index contributed by atoms with van der Waals surface area (Å²) in [5.74, 6) is 5.53. The maximum atomic E-state index is 5.53. The molecule has 0 unspecified atom stereocenters. The third-order valence-electron chi connectivity index (χ3n) is 1.39. The maximum absolute atomic E-state index is 5.53. The van der Waals surface area contributed by atoms with Gasteiger partial charge in [0.25, 0.3) is 0 Å². The molecule has 0 atom stereocenters. The molecule has 50 valence electrons. The van der Waals surface area contributed by atoms with E-state index in [0.717, 1.165) is 0 Å². The van der Waals surface area contributed by atoms with E-state index in [1.165, 1.54) is 10.1 Å². The molecule has 0 spiro atoms. The molecular formula is C7H7N2S+. The number of nitrogens with two attached hydrogens (primary N) is 1. The number of nitrogen functional groups attached to an aromatic ring is 1. The van der Waals surface area contributed by atoms with Gasteiger partial charge in [-0.1, -0.05) is 12.1 Å². The highest BCUT2D eigenvalue weighted by Gasteiger charge is 2.02. The van der Waals surface area contributed by atoms with E-state index in [4.69, 9.17) is 5.84 Å². The van der Waals surface area contributed by atoms with E-state index in [9.17, 15) is 0 Å². The summed E-state index contributed by atoms with van der Waals surface area (Å²) >= 11 is 1.55. The summed E-state index contributed by atoms with van der Waals surface area (Å²) < 4.78 is 2.84. The lowest BCUT2D eigenvalue weighted by Gasteiger charge is -1.76. The predicted molar refractivity (Wildman–Crippen MR) is 42.2 cm³/mol. The summed E-state index contributed by atoms with van der Waals surface area (Å²) in [7, 11) is 0. The van der Waals surface area contributed by atoms with Crippen molar-refractivity contribution in [3.8, 4) is 0 Å². The number of aromatic nitrogens is 1. The molecule has 1 heterocycles. The van der Waals surface area contributed by atoms with Gasteiger partial charge in [0.2, 0.25) is 6.20 Å². The van der Waals surface area contributed by atoms with Gasteiger partial charge in [-0.05, 0) is 16.2 Å². The minimum atomic E-state index is 1.20. The number of hydrogen-bond donors (Lipinski definition) is 1. The van der Waals surface area contributed by atoms with E-state index in [2.05, 4.69) is 12.1 Å². The van der Waals surface area contributed by atoms with Gasteiger partial charge in [0.1, 0.15) is 4.70 Å². The van der Waals surface area contributed by atoms with E-state index in [-0.39, 0.29) is 0 Å². The first-order chi connectivity index (χ1) is 4.86. The normalized spacial score (nSPS) is 10.4. The first-order valence-electron chi connectivity index (χ1n) is 3.02. The van der Waals surface area contributed by atoms with E-state index in [1.54, 1.807) is 15.6 Å². The van der Waals surface area contributed by atoms with Crippen LogP contribution < -0.4 is 9.91 Å². The van der Waals surface area contributed by atoms with Gasteiger partial charge in [0, 0.05) is 0 Å². The van der Waals surface area contributed by atoms with E-state index < -0.39 is 0 Å². The molecule has 2 nitrogen and oxygen atoms in total. The highest BCUT2D eigenvalue weighted by Crippen LogP contribution is 2.13. The maximum Gasteiger partial charge on any atom is 0.224 e. The topological polar surface area (TPSA) is 29.9 Å². The SMILES string of the molecule is N[n+]1cc2ccccc2s1. The van der Waals surface area contributed by atoms with Crippen LogP contribution >= 0.6 is 11.5 Å². The first kappa shape index (κ1) is 5.68. The van der Waals surface area contributed by atoms with Crippen LogP contribution in [0.15, 0.2) is 30.5 Å². The van der Waals surface area contributed by atoms with E-state index in [1.807, 2.05) is 18.3 Å². The van der Waals surface area contributed by atoms with Crippen molar-refractivity contribution >= 4 is 21.6 Å². The van der Waals surface area contributed by atoms with Crippen LogP contribution in [0.25, 0.3) is 10.1 Å². The minimum Gasteiger partial charge on any atom is -0.192 e. The molecular weight excluding hydrogens is 144 g/mol. The highest BCUT2D eigenvalue weighted by molar-refractivity contribution is 7.09. The Bertz CT molecular complexity index is 320. The molecule has 0 amide bonds. The molecule has 0 fully saturated rings. The lowest BCUT2D eigenvalue weighted by molar-refractivity contribution is -0.564. The summed E-state index contributed by atoms with van der Waals surface area (Å²) in [5, 5.41) is 1.20. The monoisotopic (exact) mass is 151 g/mol. The molecule has 1 aromatic heterocycles. The van der Waals surface area contributed by atoms with Crippen molar-refractivity contribution in [2.45, 2.75) is 0 Å². The summed E-state index contributed by atoms with van der Waals surface area (Å²) in [6.07, 6.45) is 1.92. The highest BCUT2D eigenvalue weighted by atomic mass is 32.1. The Morgan fingerprint density at radius 1 is 1.30 bits per heavy atom. The molecule has 3 heteroatoms. The Labute approximate surface area is 62.6 Å². The average molecular weight is 151 g/mol. The molecule has 0 aliphatic rings. The Balaban J connectivity index is 2.88. The van der Waals surface area contributed by atoms with Crippen LogP contribution in [0.3, 0.4) is 0 Å². The van der Waals surface area contributed by atoms with Gasteiger partial charge in [0.05, 0.1) is 5.39 Å². The van der Waals surface area contributed by atoms with Crippen molar-refractivity contribution < 1.29 is 4.07 Å². The summed E-state index contributed by atoms with van der Waals surface area (Å²) in [5.41, 5.74) is 0. The second kappa shape index (κ2) is 1.95. The average Bonchev–Trinajstić information content (AvgIpc) is 2.27. The molecule has 0 bridgehead atoms. The lowest BCUT2D eigenvalue weighted by atomic mass is 10.3. The largest absolute Gasteiger partial charge is 0.224 e. The van der Waals surface area contributed by atoms with Gasteiger partial charge in [-0.25, -0.2) is 0 Å². The van der Waals surface area contributed by atoms with E-state index >= 15 is 0 Å². The summed E-state index contributed by atoms with van der Waals surface area (Å²) in [6.45, 7) is 0. The molecule has 2 rings (SSSR count). The minimum absolute atomic E-state index is 1.20. The molecule has 1 aromatic carbocycles. The molecule has 0 saturated heterocycles. The predicted octanol–water partition coefficient (Wildman–Crippen LogP) is 0.903. The molecule has 2 N–H and O–H groups in total. The van der Waals surface area contributed by atoms with Gasteiger partial charge in [-0.2, -0.15) is 5.84 Å². The molecule has 0 radical (unpaired) electrons. The van der Waals surface area contributed by atoms with Crippen molar-refractivity contribution in [2.75, 3.05) is 5.84 Å². The van der Waals surface area contributed by atoms with Crippen molar-refractivity contribution in [1.82, 2.24) is 0 Å². The van der Waals surface area contributed by atoms with Crippen LogP contribution in [0.5, 0.6) is 0 Å². The van der Waals surface area contributed by atoms with Gasteiger partial charge in [-0.3, -0.25) is 0 Å². The van der Waals surface area contributed by atoms with Crippen LogP contribution in [0, 0.1) is 0 Å². The molecule has 0 aliphatic heterocycles. The van der Waals surface area contributed by atoms with E-state index in [0.29, 0.717) is 0 Å². The Kier molecular flexibility index (Phi) is 1.11. The van der Waals surface area contributed by atoms with Gasteiger partial charge in [0.15, 0.2) is 11.5 Å². The van der Waals surface area contributed by atoms with Crippen molar-refractivity contribution in [1.29, 1.82) is 0 Å². The first-order valence-corrected chi connectivity index (χ1v) is 3.79. The Morgan fingerprint density at radius 2 is 2.10 bits per heavy atom. The van der Waals surface area contributed by atoms with Crippen LogP contribution in [0.2, 0.25) is 0 Å². The standard InChI is InChI=1S/C7H7N2S/c8-9-5-6-3-1-2-4-7(6)10-9/h1-5H,8H2/q+1. The van der Waals surface area contributed by atoms with Gasteiger partial charge < -0.3 is 0 Å². The Hall–Kier alpha value is -1.09. The zero-order valence-corrected chi connectivity index (χ0v) is 6.14. The smallest absolute Gasteiger partial charge is 0.192 e. The fourth-order valence-corrected chi connectivity index (χ4v) is 1.71. The third kappa shape index (κ3) is 0.752. The fraction of sp³-hybridized carbons (Fsp3) is 0. The molecule has 10 heavy (non-hydrogen) atoms. The quantitative estimate of drug-likeness (QED) is 0.440. The molecule has 2 aromatic rings. The molecule has 0 saturated carbocycles. The number of rotatable bonds is 0.